The van der Waals surface area contributed by atoms with Gasteiger partial charge in [0.25, 0.3) is 0 Å². The molecule has 2 aliphatic rings. The van der Waals surface area contributed by atoms with Crippen molar-refractivity contribution in [3.05, 3.63) is 29.6 Å². The van der Waals surface area contributed by atoms with E-state index in [1.165, 1.54) is 18.5 Å². The van der Waals surface area contributed by atoms with E-state index in [4.69, 9.17) is 0 Å². The van der Waals surface area contributed by atoms with Crippen molar-refractivity contribution in [1.29, 1.82) is 0 Å². The van der Waals surface area contributed by atoms with Crippen LogP contribution in [-0.4, -0.2) is 30.1 Å². The highest BCUT2D eigenvalue weighted by atomic mass is 32.2. The van der Waals surface area contributed by atoms with Crippen LogP contribution in [0, 0.1) is 5.82 Å². The molecule has 0 bridgehead atoms. The molecule has 1 saturated carbocycles. The maximum absolute atomic E-state index is 13.5. The molecule has 2 fully saturated rings. The maximum atomic E-state index is 13.5. The molecule has 2 nitrogen and oxygen atoms in total. The highest BCUT2D eigenvalue weighted by molar-refractivity contribution is 8.00. The largest absolute Gasteiger partial charge is 0.369 e. The van der Waals surface area contributed by atoms with Gasteiger partial charge in [-0.2, -0.15) is 11.8 Å². The normalized spacial score (nSPS) is 23.7. The van der Waals surface area contributed by atoms with Crippen molar-refractivity contribution in [3.8, 4) is 0 Å². The molecule has 1 heterocycles. The molecule has 0 spiro atoms. The van der Waals surface area contributed by atoms with E-state index in [0.717, 1.165) is 31.0 Å². The van der Waals surface area contributed by atoms with Crippen LogP contribution in [0.25, 0.3) is 0 Å². The molecule has 1 aliphatic heterocycles. The van der Waals surface area contributed by atoms with Crippen molar-refractivity contribution in [1.82, 2.24) is 5.32 Å². The fourth-order valence-corrected chi connectivity index (χ4v) is 3.60. The Morgan fingerprint density at radius 1 is 1.42 bits per heavy atom. The lowest BCUT2D eigenvalue weighted by Crippen LogP contribution is -2.37. The predicted molar refractivity (Wildman–Crippen MR) is 80.4 cm³/mol. The molecule has 1 aromatic rings. The van der Waals surface area contributed by atoms with E-state index < -0.39 is 0 Å². The van der Waals surface area contributed by atoms with Gasteiger partial charge < -0.3 is 10.2 Å². The summed E-state index contributed by atoms with van der Waals surface area (Å²) >= 11 is 2.02. The molecule has 3 rings (SSSR count). The van der Waals surface area contributed by atoms with E-state index in [1.54, 1.807) is 12.1 Å². The summed E-state index contributed by atoms with van der Waals surface area (Å²) in [6.07, 6.45) is 2.53. The van der Waals surface area contributed by atoms with Crippen LogP contribution in [0.3, 0.4) is 0 Å². The average molecular weight is 280 g/mol. The Bertz CT molecular complexity index is 448. The van der Waals surface area contributed by atoms with Gasteiger partial charge in [-0.1, -0.05) is 6.92 Å². The van der Waals surface area contributed by atoms with E-state index in [9.17, 15) is 4.39 Å². The van der Waals surface area contributed by atoms with Gasteiger partial charge in [-0.25, -0.2) is 4.39 Å². The summed E-state index contributed by atoms with van der Waals surface area (Å²) in [5, 5.41) is 4.15. The van der Waals surface area contributed by atoms with Gasteiger partial charge in [0.1, 0.15) is 5.82 Å². The molecule has 1 aromatic carbocycles. The van der Waals surface area contributed by atoms with Crippen LogP contribution in [0.2, 0.25) is 0 Å². The van der Waals surface area contributed by atoms with E-state index in [1.807, 2.05) is 17.8 Å². The Kier molecular flexibility index (Phi) is 3.99. The second-order valence-corrected chi connectivity index (χ2v) is 7.10. The smallest absolute Gasteiger partial charge is 0.123 e. The molecule has 4 heteroatoms. The van der Waals surface area contributed by atoms with Crippen molar-refractivity contribution in [3.63, 3.8) is 0 Å². The Balaban J connectivity index is 1.77. The van der Waals surface area contributed by atoms with Crippen LogP contribution in [0.1, 0.15) is 25.3 Å². The van der Waals surface area contributed by atoms with E-state index in [0.29, 0.717) is 11.3 Å². The lowest BCUT2D eigenvalue weighted by atomic mass is 10.1. The van der Waals surface area contributed by atoms with Crippen LogP contribution in [-0.2, 0) is 6.54 Å². The number of nitrogens with zero attached hydrogens (tertiary/aromatic N) is 1. The monoisotopic (exact) mass is 280 g/mol. The zero-order chi connectivity index (χ0) is 13.2. The Hall–Kier alpha value is -0.740. The molecule has 1 aliphatic carbocycles. The topological polar surface area (TPSA) is 15.3 Å². The van der Waals surface area contributed by atoms with Crippen molar-refractivity contribution < 1.29 is 4.39 Å². The van der Waals surface area contributed by atoms with E-state index in [-0.39, 0.29) is 5.82 Å². The van der Waals surface area contributed by atoms with Gasteiger partial charge in [-0.3, -0.25) is 0 Å². The molecule has 19 heavy (non-hydrogen) atoms. The van der Waals surface area contributed by atoms with E-state index in [2.05, 4.69) is 17.1 Å². The zero-order valence-corrected chi connectivity index (χ0v) is 12.2. The number of rotatable bonds is 4. The number of benzene rings is 1. The highest BCUT2D eigenvalue weighted by Crippen LogP contribution is 2.28. The van der Waals surface area contributed by atoms with Crippen LogP contribution in [0.5, 0.6) is 0 Å². The number of halogens is 1. The van der Waals surface area contributed by atoms with Crippen molar-refractivity contribution in [2.24, 2.45) is 0 Å². The minimum atomic E-state index is -0.129. The first-order valence-electron chi connectivity index (χ1n) is 7.11. The number of thioether (sulfide) groups is 1. The lowest BCUT2D eigenvalue weighted by Gasteiger charge is -2.34. The second kappa shape index (κ2) is 5.71. The molecule has 0 radical (unpaired) electrons. The van der Waals surface area contributed by atoms with Gasteiger partial charge in [0.15, 0.2) is 0 Å². The molecule has 0 amide bonds. The summed E-state index contributed by atoms with van der Waals surface area (Å²) in [6.45, 7) is 5.18. The highest BCUT2D eigenvalue weighted by Gasteiger charge is 2.23. The molecule has 1 N–H and O–H groups in total. The van der Waals surface area contributed by atoms with Crippen LogP contribution in [0.15, 0.2) is 18.2 Å². The van der Waals surface area contributed by atoms with Gasteiger partial charge in [0.2, 0.25) is 0 Å². The van der Waals surface area contributed by atoms with E-state index >= 15 is 0 Å². The molecule has 1 atom stereocenters. The Morgan fingerprint density at radius 3 is 3.00 bits per heavy atom. The van der Waals surface area contributed by atoms with Gasteiger partial charge in [0, 0.05) is 42.4 Å². The zero-order valence-electron chi connectivity index (χ0n) is 11.4. The van der Waals surface area contributed by atoms with Crippen molar-refractivity contribution in [2.75, 3.05) is 23.7 Å². The minimum Gasteiger partial charge on any atom is -0.369 e. The third kappa shape index (κ3) is 3.42. The first-order valence-corrected chi connectivity index (χ1v) is 8.15. The third-order valence-electron chi connectivity index (χ3n) is 3.78. The van der Waals surface area contributed by atoms with Crippen LogP contribution in [0.4, 0.5) is 10.1 Å². The average Bonchev–Trinajstić information content (AvgIpc) is 3.20. The Morgan fingerprint density at radius 2 is 2.26 bits per heavy atom. The number of hydrogen-bond donors (Lipinski definition) is 1. The summed E-state index contributed by atoms with van der Waals surface area (Å²) in [7, 11) is 0. The summed E-state index contributed by atoms with van der Waals surface area (Å²) in [5.74, 6) is 1.03. The first-order chi connectivity index (χ1) is 9.22. The molecule has 104 valence electrons. The second-order valence-electron chi connectivity index (χ2n) is 5.56. The standard InChI is InChI=1S/C15H21FN2S/c1-11-10-18(6-7-19-11)15-5-2-13(16)8-12(15)9-17-14-3-4-14/h2,5,8,11,14,17H,3-4,6-7,9-10H2,1H3. The molecule has 1 saturated heterocycles. The van der Waals surface area contributed by atoms with Crippen molar-refractivity contribution in [2.45, 2.75) is 37.6 Å². The van der Waals surface area contributed by atoms with Gasteiger partial charge in [-0.15, -0.1) is 0 Å². The number of nitrogens with one attached hydrogen (secondary N) is 1. The number of hydrogen-bond acceptors (Lipinski definition) is 3. The SMILES string of the molecule is CC1CN(c2ccc(F)cc2CNC2CC2)CCS1. The molecule has 0 aromatic heterocycles. The summed E-state index contributed by atoms with van der Waals surface area (Å²) in [4.78, 5) is 2.41. The predicted octanol–water partition coefficient (Wildman–Crippen LogP) is 3.02. The quantitative estimate of drug-likeness (QED) is 0.912. The fourth-order valence-electron chi connectivity index (χ4n) is 2.58. The third-order valence-corrected chi connectivity index (χ3v) is 4.92. The summed E-state index contributed by atoms with van der Waals surface area (Å²) in [5.41, 5.74) is 2.31. The first kappa shape index (κ1) is 13.3. The van der Waals surface area contributed by atoms with Gasteiger partial charge in [-0.05, 0) is 36.6 Å². The maximum Gasteiger partial charge on any atom is 0.123 e. The van der Waals surface area contributed by atoms with Crippen LogP contribution >= 0.6 is 11.8 Å². The van der Waals surface area contributed by atoms with Gasteiger partial charge in [0.05, 0.1) is 0 Å². The van der Waals surface area contributed by atoms with Gasteiger partial charge >= 0.3 is 0 Å². The molecular formula is C15H21FN2S. The molecule has 1 unspecified atom stereocenters. The minimum absolute atomic E-state index is 0.129. The number of anilines is 1. The Labute approximate surface area is 118 Å². The molecular weight excluding hydrogens is 259 g/mol. The lowest BCUT2D eigenvalue weighted by molar-refractivity contribution is 0.618. The summed E-state index contributed by atoms with van der Waals surface area (Å²) in [6, 6.07) is 5.88. The summed E-state index contributed by atoms with van der Waals surface area (Å²) < 4.78 is 13.5. The fraction of sp³-hybridized carbons (Fsp3) is 0.600. The van der Waals surface area contributed by atoms with Crippen LogP contribution < -0.4 is 10.2 Å². The van der Waals surface area contributed by atoms with Crippen molar-refractivity contribution >= 4 is 17.4 Å².